The van der Waals surface area contributed by atoms with E-state index in [4.69, 9.17) is 4.74 Å². The molecule has 0 fully saturated rings. The molecule has 0 bridgehead atoms. The number of hydrogen-bond donors (Lipinski definition) is 1. The largest absolute Gasteiger partial charge is 0.493 e. The van der Waals surface area contributed by atoms with Crippen molar-refractivity contribution in [3.63, 3.8) is 0 Å². The molecule has 0 heterocycles. The van der Waals surface area contributed by atoms with Gasteiger partial charge in [-0.15, -0.1) is 0 Å². The van der Waals surface area contributed by atoms with Crippen molar-refractivity contribution in [1.82, 2.24) is 5.32 Å². The van der Waals surface area contributed by atoms with Crippen LogP contribution in [-0.2, 0) is 6.42 Å². The molecule has 2 heteroatoms. The van der Waals surface area contributed by atoms with E-state index >= 15 is 0 Å². The van der Waals surface area contributed by atoms with Crippen molar-refractivity contribution in [1.29, 1.82) is 0 Å². The maximum Gasteiger partial charge on any atom is 0.122 e. The van der Waals surface area contributed by atoms with Crippen molar-refractivity contribution in [3.05, 3.63) is 29.8 Å². The van der Waals surface area contributed by atoms with Crippen molar-refractivity contribution >= 4 is 0 Å². The lowest BCUT2D eigenvalue weighted by Gasteiger charge is -2.25. The van der Waals surface area contributed by atoms with Gasteiger partial charge in [-0.3, -0.25) is 0 Å². The van der Waals surface area contributed by atoms with Crippen LogP contribution in [0.1, 0.15) is 33.3 Å². The Morgan fingerprint density at radius 2 is 1.88 bits per heavy atom. The summed E-state index contributed by atoms with van der Waals surface area (Å²) in [6, 6.07) is 8.29. The Balaban J connectivity index is 2.54. The van der Waals surface area contributed by atoms with Gasteiger partial charge >= 0.3 is 0 Å². The Morgan fingerprint density at radius 1 is 1.18 bits per heavy atom. The lowest BCUT2D eigenvalue weighted by Crippen LogP contribution is -2.34. The van der Waals surface area contributed by atoms with Crippen LogP contribution < -0.4 is 10.1 Å². The molecule has 0 spiro atoms. The van der Waals surface area contributed by atoms with Crippen molar-refractivity contribution in [2.24, 2.45) is 5.41 Å². The monoisotopic (exact) mass is 235 g/mol. The minimum absolute atomic E-state index is 0.164. The number of benzene rings is 1. The highest BCUT2D eigenvalue weighted by Gasteiger charge is 2.18. The summed E-state index contributed by atoms with van der Waals surface area (Å²) < 4.78 is 5.95. The van der Waals surface area contributed by atoms with Gasteiger partial charge in [-0.1, -0.05) is 45.9 Å². The highest BCUT2D eigenvalue weighted by Crippen LogP contribution is 2.22. The second-order valence-electron chi connectivity index (χ2n) is 5.19. The van der Waals surface area contributed by atoms with Gasteiger partial charge in [-0.25, -0.2) is 0 Å². The number of nitrogens with one attached hydrogen (secondary N) is 1. The first kappa shape index (κ1) is 14.0. The fourth-order valence-corrected chi connectivity index (χ4v) is 1.72. The molecular weight excluding hydrogens is 210 g/mol. The summed E-state index contributed by atoms with van der Waals surface area (Å²) in [5.41, 5.74) is 1.45. The van der Waals surface area contributed by atoms with Crippen LogP contribution in [0, 0.1) is 5.41 Å². The second kappa shape index (κ2) is 6.65. The molecule has 0 aliphatic carbocycles. The second-order valence-corrected chi connectivity index (χ2v) is 5.19. The zero-order valence-electron chi connectivity index (χ0n) is 11.5. The van der Waals surface area contributed by atoms with Crippen LogP contribution in [0.25, 0.3) is 0 Å². The lowest BCUT2D eigenvalue weighted by atomic mass is 9.95. The van der Waals surface area contributed by atoms with Crippen LogP contribution in [0.15, 0.2) is 24.3 Å². The Morgan fingerprint density at radius 3 is 2.53 bits per heavy atom. The van der Waals surface area contributed by atoms with Gasteiger partial charge in [0.2, 0.25) is 0 Å². The van der Waals surface area contributed by atoms with E-state index in [1.54, 1.807) is 0 Å². The Bertz CT molecular complexity index is 333. The van der Waals surface area contributed by atoms with Gasteiger partial charge in [-0.2, -0.15) is 0 Å². The number of hydrogen-bond acceptors (Lipinski definition) is 2. The molecule has 0 radical (unpaired) electrons. The Hall–Kier alpha value is -1.02. The van der Waals surface area contributed by atoms with Gasteiger partial charge in [0, 0.05) is 12.0 Å². The van der Waals surface area contributed by atoms with Crippen LogP contribution >= 0.6 is 0 Å². The zero-order valence-corrected chi connectivity index (χ0v) is 11.5. The van der Waals surface area contributed by atoms with E-state index in [0.29, 0.717) is 0 Å². The van der Waals surface area contributed by atoms with E-state index in [2.05, 4.69) is 51.2 Å². The summed E-state index contributed by atoms with van der Waals surface area (Å²) in [5, 5.41) is 3.37. The smallest absolute Gasteiger partial charge is 0.122 e. The van der Waals surface area contributed by atoms with Crippen LogP contribution in [0.4, 0.5) is 0 Å². The summed E-state index contributed by atoms with van der Waals surface area (Å²) in [5.74, 6) is 1.03. The Labute approximate surface area is 105 Å². The molecule has 0 aliphatic heterocycles. The van der Waals surface area contributed by atoms with Crippen LogP contribution in [-0.4, -0.2) is 19.7 Å². The molecule has 1 rings (SSSR count). The normalized spacial score (nSPS) is 11.5. The van der Waals surface area contributed by atoms with Crippen molar-refractivity contribution in [2.45, 2.75) is 34.1 Å². The third-order valence-corrected chi connectivity index (χ3v) is 2.83. The standard InChI is InChI=1S/C15H25NO/c1-5-13-9-7-8-10-14(13)17-12-15(3,4)11-16-6-2/h7-10,16H,5-6,11-12H2,1-4H3. The molecule has 1 N–H and O–H groups in total. The van der Waals surface area contributed by atoms with Crippen LogP contribution in [0.3, 0.4) is 0 Å². The minimum Gasteiger partial charge on any atom is -0.493 e. The predicted octanol–water partition coefficient (Wildman–Crippen LogP) is 3.26. The van der Waals surface area contributed by atoms with E-state index < -0.39 is 0 Å². The van der Waals surface area contributed by atoms with Gasteiger partial charge in [-0.05, 0) is 24.6 Å². The quantitative estimate of drug-likeness (QED) is 0.783. The van der Waals surface area contributed by atoms with E-state index in [1.807, 2.05) is 6.07 Å². The number of ether oxygens (including phenoxy) is 1. The summed E-state index contributed by atoms with van der Waals surface area (Å²) >= 11 is 0. The Kier molecular flexibility index (Phi) is 5.49. The summed E-state index contributed by atoms with van der Waals surface area (Å²) in [4.78, 5) is 0. The number of rotatable bonds is 7. The van der Waals surface area contributed by atoms with E-state index in [-0.39, 0.29) is 5.41 Å². The fraction of sp³-hybridized carbons (Fsp3) is 0.600. The highest BCUT2D eigenvalue weighted by atomic mass is 16.5. The molecule has 96 valence electrons. The third-order valence-electron chi connectivity index (χ3n) is 2.83. The molecule has 0 aliphatic rings. The van der Waals surface area contributed by atoms with Crippen molar-refractivity contribution < 1.29 is 4.74 Å². The molecule has 0 amide bonds. The fourth-order valence-electron chi connectivity index (χ4n) is 1.72. The maximum absolute atomic E-state index is 5.95. The molecule has 1 aromatic rings. The molecule has 0 aromatic heterocycles. The van der Waals surface area contributed by atoms with Gasteiger partial charge in [0.05, 0.1) is 6.61 Å². The lowest BCUT2D eigenvalue weighted by molar-refractivity contribution is 0.176. The van der Waals surface area contributed by atoms with Crippen LogP contribution in [0.5, 0.6) is 5.75 Å². The van der Waals surface area contributed by atoms with Gasteiger partial charge in [0.1, 0.15) is 5.75 Å². The highest BCUT2D eigenvalue weighted by molar-refractivity contribution is 5.33. The van der Waals surface area contributed by atoms with Crippen molar-refractivity contribution in [2.75, 3.05) is 19.7 Å². The molecule has 1 aromatic carbocycles. The maximum atomic E-state index is 5.95. The van der Waals surface area contributed by atoms with E-state index in [9.17, 15) is 0 Å². The summed E-state index contributed by atoms with van der Waals surface area (Å²) in [7, 11) is 0. The van der Waals surface area contributed by atoms with E-state index in [0.717, 1.165) is 31.9 Å². The molecule has 0 unspecified atom stereocenters. The molecule has 0 saturated carbocycles. The van der Waals surface area contributed by atoms with Gasteiger partial charge in [0.25, 0.3) is 0 Å². The molecule has 0 atom stereocenters. The van der Waals surface area contributed by atoms with Gasteiger partial charge in [0.15, 0.2) is 0 Å². The zero-order chi connectivity index (χ0) is 12.7. The molecular formula is C15H25NO. The first-order valence-electron chi connectivity index (χ1n) is 6.50. The first-order chi connectivity index (χ1) is 8.09. The molecule has 0 saturated heterocycles. The SMILES string of the molecule is CCNCC(C)(C)COc1ccccc1CC. The van der Waals surface area contributed by atoms with Crippen LogP contribution in [0.2, 0.25) is 0 Å². The topological polar surface area (TPSA) is 21.3 Å². The molecule has 17 heavy (non-hydrogen) atoms. The summed E-state index contributed by atoms with van der Waals surface area (Å²) in [6.45, 7) is 11.5. The van der Waals surface area contributed by atoms with E-state index in [1.165, 1.54) is 5.56 Å². The minimum atomic E-state index is 0.164. The average molecular weight is 235 g/mol. The number of para-hydroxylation sites is 1. The first-order valence-corrected chi connectivity index (χ1v) is 6.50. The van der Waals surface area contributed by atoms with Gasteiger partial charge < -0.3 is 10.1 Å². The predicted molar refractivity (Wildman–Crippen MR) is 73.6 cm³/mol. The summed E-state index contributed by atoms with van der Waals surface area (Å²) in [6.07, 6.45) is 1.02. The average Bonchev–Trinajstić information content (AvgIpc) is 2.34. The third kappa shape index (κ3) is 4.78. The van der Waals surface area contributed by atoms with Crippen molar-refractivity contribution in [3.8, 4) is 5.75 Å². The molecule has 2 nitrogen and oxygen atoms in total. The number of aryl methyl sites for hydroxylation is 1.